The Balaban J connectivity index is 1.45. The van der Waals surface area contributed by atoms with Gasteiger partial charge in [0.05, 0.1) is 25.5 Å². The average molecular weight is 460 g/mol. The normalized spacial score (nSPS) is 17.2. The number of hydrogen-bond acceptors (Lipinski definition) is 7. The number of aromatic nitrogens is 2. The van der Waals surface area contributed by atoms with Crippen molar-refractivity contribution in [2.45, 2.75) is 19.4 Å². The molecule has 3 aliphatic rings. The molecule has 1 fully saturated rings. The molecule has 34 heavy (non-hydrogen) atoms. The molecule has 1 saturated heterocycles. The van der Waals surface area contributed by atoms with Crippen LogP contribution < -0.4 is 15.5 Å². The summed E-state index contributed by atoms with van der Waals surface area (Å²) in [6.07, 6.45) is 3.48. The largest absolute Gasteiger partial charge is 0.378 e. The van der Waals surface area contributed by atoms with Crippen molar-refractivity contribution in [1.29, 1.82) is 0 Å². The van der Waals surface area contributed by atoms with Gasteiger partial charge in [-0.25, -0.2) is 9.97 Å². The number of amides is 1. The average Bonchev–Trinajstić information content (AvgIpc) is 2.88. The zero-order valence-electron chi connectivity index (χ0n) is 19.1. The van der Waals surface area contributed by atoms with Gasteiger partial charge in [-0.1, -0.05) is 12.1 Å². The van der Waals surface area contributed by atoms with Gasteiger partial charge in [-0.2, -0.15) is 0 Å². The number of benzene rings is 2. The Bertz CT molecular complexity index is 1130. The molecule has 2 aromatic carbocycles. The number of hydrogen-bond donors (Lipinski definition) is 2. The summed E-state index contributed by atoms with van der Waals surface area (Å²) in [5, 5.41) is 6.33. The standard InChI is InChI=1S/C26H29N5O3/c32-25-20-5-3-19(4-6-20)23-9-11-28-26(30-23)29-22-7-8-24(31-12-15-33-16-13-31)21(17-22)18-34-14-2-1-10-27-25/h3-9,11,17H,1-2,10,12-16,18H2,(H,27,32)(H,28,29,30). The van der Waals surface area contributed by atoms with Crippen LogP contribution in [0.2, 0.25) is 0 Å². The Morgan fingerprint density at radius 2 is 1.71 bits per heavy atom. The lowest BCUT2D eigenvalue weighted by Crippen LogP contribution is -2.36. The molecule has 0 spiro atoms. The molecule has 8 heteroatoms. The molecule has 3 aliphatic heterocycles. The number of carbonyl (C=O) groups excluding carboxylic acids is 1. The second-order valence-corrected chi connectivity index (χ2v) is 8.43. The number of carbonyl (C=O) groups is 1. The molecular formula is C26H29N5O3. The van der Waals surface area contributed by atoms with Crippen molar-refractivity contribution in [2.75, 3.05) is 49.7 Å². The van der Waals surface area contributed by atoms with Gasteiger partial charge in [-0.15, -0.1) is 0 Å². The van der Waals surface area contributed by atoms with Crippen LogP contribution in [0.5, 0.6) is 0 Å². The molecule has 4 heterocycles. The molecule has 0 unspecified atom stereocenters. The lowest BCUT2D eigenvalue weighted by molar-refractivity contribution is 0.0946. The van der Waals surface area contributed by atoms with Gasteiger partial charge in [0, 0.05) is 60.5 Å². The van der Waals surface area contributed by atoms with Crippen LogP contribution in [0.4, 0.5) is 17.3 Å². The van der Waals surface area contributed by atoms with E-state index < -0.39 is 0 Å². The minimum Gasteiger partial charge on any atom is -0.378 e. The monoisotopic (exact) mass is 459 g/mol. The van der Waals surface area contributed by atoms with Crippen molar-refractivity contribution in [3.8, 4) is 11.3 Å². The molecule has 1 aromatic heterocycles. The molecule has 3 aromatic rings. The molecule has 1 amide bonds. The third-order valence-corrected chi connectivity index (χ3v) is 6.04. The van der Waals surface area contributed by atoms with Crippen molar-refractivity contribution >= 4 is 23.2 Å². The molecule has 6 bridgehead atoms. The van der Waals surface area contributed by atoms with Gasteiger partial charge in [0.15, 0.2) is 0 Å². The van der Waals surface area contributed by atoms with Crippen LogP contribution in [0.15, 0.2) is 54.7 Å². The highest BCUT2D eigenvalue weighted by Gasteiger charge is 2.16. The highest BCUT2D eigenvalue weighted by atomic mass is 16.5. The van der Waals surface area contributed by atoms with Crippen molar-refractivity contribution in [2.24, 2.45) is 0 Å². The van der Waals surface area contributed by atoms with Gasteiger partial charge in [0.25, 0.3) is 5.91 Å². The fourth-order valence-corrected chi connectivity index (χ4v) is 4.21. The lowest BCUT2D eigenvalue weighted by atomic mass is 10.1. The predicted octanol–water partition coefficient (Wildman–Crippen LogP) is 3.76. The van der Waals surface area contributed by atoms with Crippen molar-refractivity contribution in [1.82, 2.24) is 15.3 Å². The first-order valence-electron chi connectivity index (χ1n) is 11.8. The van der Waals surface area contributed by atoms with Crippen LogP contribution in [0.1, 0.15) is 28.8 Å². The lowest BCUT2D eigenvalue weighted by Gasteiger charge is -2.31. The zero-order chi connectivity index (χ0) is 23.2. The zero-order valence-corrected chi connectivity index (χ0v) is 19.1. The fourth-order valence-electron chi connectivity index (χ4n) is 4.21. The van der Waals surface area contributed by atoms with Gasteiger partial charge >= 0.3 is 0 Å². The molecule has 0 atom stereocenters. The van der Waals surface area contributed by atoms with Gasteiger partial charge < -0.3 is 25.0 Å². The predicted molar refractivity (Wildman–Crippen MR) is 131 cm³/mol. The third-order valence-electron chi connectivity index (χ3n) is 6.04. The summed E-state index contributed by atoms with van der Waals surface area (Å²) in [7, 11) is 0. The van der Waals surface area contributed by atoms with Crippen molar-refractivity contribution in [3.05, 3.63) is 65.9 Å². The van der Waals surface area contributed by atoms with Gasteiger partial charge in [-0.3, -0.25) is 4.79 Å². The Kier molecular flexibility index (Phi) is 6.97. The summed E-state index contributed by atoms with van der Waals surface area (Å²) in [6, 6.07) is 15.7. The number of nitrogens with zero attached hydrogens (tertiary/aromatic N) is 3. The molecule has 8 nitrogen and oxygen atoms in total. The Morgan fingerprint density at radius 1 is 0.882 bits per heavy atom. The maximum absolute atomic E-state index is 12.4. The van der Waals surface area contributed by atoms with E-state index in [0.717, 1.165) is 61.7 Å². The molecule has 2 N–H and O–H groups in total. The first-order valence-corrected chi connectivity index (χ1v) is 11.8. The molecule has 0 saturated carbocycles. The fraction of sp³-hybridized carbons (Fsp3) is 0.346. The molecule has 0 radical (unpaired) electrons. The smallest absolute Gasteiger partial charge is 0.251 e. The number of anilines is 3. The third kappa shape index (κ3) is 5.35. The van der Waals surface area contributed by atoms with Crippen LogP contribution in [0.3, 0.4) is 0 Å². The van der Waals surface area contributed by atoms with E-state index in [1.165, 1.54) is 5.69 Å². The van der Waals surface area contributed by atoms with Crippen molar-refractivity contribution < 1.29 is 14.3 Å². The number of morpholine rings is 1. The summed E-state index contributed by atoms with van der Waals surface area (Å²) in [6.45, 7) is 4.96. The molecule has 0 aliphatic carbocycles. The van der Waals surface area contributed by atoms with Gasteiger partial charge in [-0.05, 0) is 49.2 Å². The van der Waals surface area contributed by atoms with E-state index in [1.807, 2.05) is 30.3 Å². The highest BCUT2D eigenvalue weighted by molar-refractivity contribution is 5.94. The Hall–Kier alpha value is -3.49. The highest BCUT2D eigenvalue weighted by Crippen LogP contribution is 2.28. The van der Waals surface area contributed by atoms with E-state index in [9.17, 15) is 4.79 Å². The van der Waals surface area contributed by atoms with E-state index in [0.29, 0.717) is 31.3 Å². The Labute approximate surface area is 199 Å². The van der Waals surface area contributed by atoms with E-state index in [4.69, 9.17) is 9.47 Å². The summed E-state index contributed by atoms with van der Waals surface area (Å²) < 4.78 is 11.6. The van der Waals surface area contributed by atoms with E-state index >= 15 is 0 Å². The second-order valence-electron chi connectivity index (χ2n) is 8.43. The van der Waals surface area contributed by atoms with E-state index in [-0.39, 0.29) is 5.91 Å². The van der Waals surface area contributed by atoms with Crippen LogP contribution in [-0.2, 0) is 16.1 Å². The maximum Gasteiger partial charge on any atom is 0.251 e. The van der Waals surface area contributed by atoms with Crippen LogP contribution in [0, 0.1) is 0 Å². The molecule has 6 rings (SSSR count). The summed E-state index contributed by atoms with van der Waals surface area (Å²) in [4.78, 5) is 23.9. The second kappa shape index (κ2) is 10.6. The maximum atomic E-state index is 12.4. The minimum absolute atomic E-state index is 0.0680. The minimum atomic E-state index is -0.0680. The van der Waals surface area contributed by atoms with E-state index in [2.05, 4.69) is 43.7 Å². The van der Waals surface area contributed by atoms with Crippen molar-refractivity contribution in [3.63, 3.8) is 0 Å². The molecular weight excluding hydrogens is 430 g/mol. The number of fused-ring (bicyclic) bond motifs is 9. The number of nitrogens with one attached hydrogen (secondary N) is 2. The van der Waals surface area contributed by atoms with Gasteiger partial charge in [0.2, 0.25) is 5.95 Å². The molecule has 176 valence electrons. The topological polar surface area (TPSA) is 88.6 Å². The van der Waals surface area contributed by atoms with Crippen LogP contribution in [-0.4, -0.2) is 55.3 Å². The van der Waals surface area contributed by atoms with E-state index in [1.54, 1.807) is 6.20 Å². The summed E-state index contributed by atoms with van der Waals surface area (Å²) in [5.74, 6) is 0.449. The summed E-state index contributed by atoms with van der Waals surface area (Å²) in [5.41, 5.74) is 5.55. The van der Waals surface area contributed by atoms with Gasteiger partial charge in [0.1, 0.15) is 0 Å². The quantitative estimate of drug-likeness (QED) is 0.573. The first-order chi connectivity index (χ1) is 16.8. The van der Waals surface area contributed by atoms with Crippen LogP contribution in [0.25, 0.3) is 11.3 Å². The number of ether oxygens (including phenoxy) is 2. The van der Waals surface area contributed by atoms with Crippen LogP contribution >= 0.6 is 0 Å². The number of rotatable bonds is 1. The SMILES string of the molecule is O=C1NCCCCOCc2cc(ccc2N2CCOCC2)Nc2nccc(n2)-c2ccc1cc2. The summed E-state index contributed by atoms with van der Waals surface area (Å²) >= 11 is 0. The first kappa shape index (κ1) is 22.3. The Morgan fingerprint density at radius 3 is 2.56 bits per heavy atom.